The first-order chi connectivity index (χ1) is 6.27. The van der Waals surface area contributed by atoms with Crippen molar-refractivity contribution < 1.29 is 4.39 Å². The van der Waals surface area contributed by atoms with Crippen molar-refractivity contribution in [3.05, 3.63) is 35.1 Å². The van der Waals surface area contributed by atoms with Crippen molar-refractivity contribution in [2.45, 2.75) is 18.7 Å². The van der Waals surface area contributed by atoms with Crippen molar-refractivity contribution in [3.8, 4) is 6.07 Å². The molecule has 0 aliphatic rings. The molecule has 0 saturated carbocycles. The summed E-state index contributed by atoms with van der Waals surface area (Å²) < 4.78 is 12.9. The van der Waals surface area contributed by atoms with Gasteiger partial charge in [-0.05, 0) is 18.1 Å². The Balaban J connectivity index is 2.81. The highest BCUT2D eigenvalue weighted by molar-refractivity contribution is 6.17. The fourth-order valence-corrected chi connectivity index (χ4v) is 1.29. The highest BCUT2D eigenvalue weighted by atomic mass is 35.5. The van der Waals surface area contributed by atoms with Gasteiger partial charge in [-0.1, -0.05) is 12.1 Å². The number of hydrogen-bond acceptors (Lipinski definition) is 1. The first kappa shape index (κ1) is 10.0. The Morgan fingerprint density at radius 1 is 1.46 bits per heavy atom. The highest BCUT2D eigenvalue weighted by Crippen LogP contribution is 2.13. The van der Waals surface area contributed by atoms with Crippen LogP contribution in [0, 0.1) is 17.1 Å². The van der Waals surface area contributed by atoms with Crippen LogP contribution in [0.2, 0.25) is 0 Å². The fourth-order valence-electron chi connectivity index (χ4n) is 1.09. The van der Waals surface area contributed by atoms with Crippen LogP contribution in [-0.4, -0.2) is 0 Å². The van der Waals surface area contributed by atoms with Crippen LogP contribution in [0.5, 0.6) is 0 Å². The molecule has 0 amide bonds. The normalized spacial score (nSPS) is 9.62. The Morgan fingerprint density at radius 3 is 2.85 bits per heavy atom. The molecule has 0 aromatic heterocycles. The van der Waals surface area contributed by atoms with E-state index in [4.69, 9.17) is 16.9 Å². The minimum Gasteiger partial charge on any atom is -0.207 e. The van der Waals surface area contributed by atoms with Crippen LogP contribution in [0.4, 0.5) is 4.39 Å². The van der Waals surface area contributed by atoms with Crippen LogP contribution in [-0.2, 0) is 12.3 Å². The fraction of sp³-hybridized carbons (Fsp3) is 0.300. The van der Waals surface area contributed by atoms with Crippen LogP contribution in [0.1, 0.15) is 17.5 Å². The third-order valence-corrected chi connectivity index (χ3v) is 2.07. The molecule has 0 unspecified atom stereocenters. The molecule has 0 bridgehead atoms. The molecule has 1 aromatic rings. The summed E-state index contributed by atoms with van der Waals surface area (Å²) in [7, 11) is 0. The summed E-state index contributed by atoms with van der Waals surface area (Å²) in [6.07, 6.45) is 1.11. The second kappa shape index (κ2) is 4.84. The highest BCUT2D eigenvalue weighted by Gasteiger charge is 2.01. The molecule has 68 valence electrons. The maximum atomic E-state index is 12.9. The minimum absolute atomic E-state index is 0.173. The summed E-state index contributed by atoms with van der Waals surface area (Å²) in [6.45, 7) is 0. The van der Waals surface area contributed by atoms with Gasteiger partial charge in [-0.15, -0.1) is 11.6 Å². The van der Waals surface area contributed by atoms with Gasteiger partial charge < -0.3 is 0 Å². The maximum Gasteiger partial charge on any atom is 0.127 e. The van der Waals surface area contributed by atoms with Gasteiger partial charge in [-0.2, -0.15) is 5.26 Å². The van der Waals surface area contributed by atoms with Crippen molar-refractivity contribution in [1.29, 1.82) is 5.26 Å². The van der Waals surface area contributed by atoms with E-state index in [1.54, 1.807) is 12.1 Å². The summed E-state index contributed by atoms with van der Waals surface area (Å²) >= 11 is 5.53. The molecular formula is C10H9ClFN. The summed E-state index contributed by atoms with van der Waals surface area (Å²) in [5, 5.41) is 8.36. The quantitative estimate of drug-likeness (QED) is 0.684. The number of nitrogens with zero attached hydrogens (tertiary/aromatic N) is 1. The van der Waals surface area contributed by atoms with Gasteiger partial charge in [0.05, 0.1) is 11.9 Å². The molecule has 1 rings (SSSR count). The smallest absolute Gasteiger partial charge is 0.127 e. The molecular weight excluding hydrogens is 189 g/mol. The van der Waals surface area contributed by atoms with E-state index in [0.717, 1.165) is 5.56 Å². The van der Waals surface area contributed by atoms with Crippen LogP contribution in [0.3, 0.4) is 0 Å². The SMILES string of the molecule is N#CCCc1ccc(F)c(CCl)c1. The average molecular weight is 198 g/mol. The Morgan fingerprint density at radius 2 is 2.23 bits per heavy atom. The molecule has 3 heteroatoms. The van der Waals surface area contributed by atoms with Gasteiger partial charge in [0.15, 0.2) is 0 Å². The molecule has 0 heterocycles. The Hall–Kier alpha value is -1.07. The molecule has 13 heavy (non-hydrogen) atoms. The number of alkyl halides is 1. The first-order valence-electron chi connectivity index (χ1n) is 3.98. The van der Waals surface area contributed by atoms with Crippen LogP contribution >= 0.6 is 11.6 Å². The van der Waals surface area contributed by atoms with E-state index in [9.17, 15) is 4.39 Å². The molecule has 1 nitrogen and oxygen atoms in total. The minimum atomic E-state index is -0.282. The summed E-state index contributed by atoms with van der Waals surface area (Å²) in [4.78, 5) is 0. The monoisotopic (exact) mass is 197 g/mol. The third-order valence-electron chi connectivity index (χ3n) is 1.78. The summed E-state index contributed by atoms with van der Waals surface area (Å²) in [6, 6.07) is 6.83. The molecule has 0 aliphatic heterocycles. The van der Waals surface area contributed by atoms with Gasteiger partial charge in [-0.25, -0.2) is 4.39 Å². The molecule has 0 spiro atoms. The van der Waals surface area contributed by atoms with Crippen molar-refractivity contribution in [3.63, 3.8) is 0 Å². The molecule has 0 radical (unpaired) electrons. The van der Waals surface area contributed by atoms with E-state index in [1.807, 2.05) is 6.07 Å². The average Bonchev–Trinajstić information content (AvgIpc) is 2.16. The van der Waals surface area contributed by atoms with Gasteiger partial charge >= 0.3 is 0 Å². The lowest BCUT2D eigenvalue weighted by molar-refractivity contribution is 0.616. The Bertz CT molecular complexity index is 330. The van der Waals surface area contributed by atoms with Gasteiger partial charge in [0.25, 0.3) is 0 Å². The maximum absolute atomic E-state index is 12.9. The van der Waals surface area contributed by atoms with Crippen molar-refractivity contribution in [2.24, 2.45) is 0 Å². The third kappa shape index (κ3) is 2.71. The molecule has 0 N–H and O–H groups in total. The predicted octanol–water partition coefficient (Wildman–Crippen LogP) is 3.02. The van der Waals surface area contributed by atoms with E-state index in [1.165, 1.54) is 6.07 Å². The second-order valence-electron chi connectivity index (χ2n) is 2.72. The van der Waals surface area contributed by atoms with Crippen molar-refractivity contribution >= 4 is 11.6 Å². The second-order valence-corrected chi connectivity index (χ2v) is 2.98. The standard InChI is InChI=1S/C10H9ClFN/c11-7-9-6-8(2-1-5-13)3-4-10(9)12/h3-4,6H,1-2,7H2. The molecule has 0 fully saturated rings. The Labute approximate surface area is 81.8 Å². The lowest BCUT2D eigenvalue weighted by atomic mass is 10.1. The molecule has 0 aliphatic carbocycles. The first-order valence-corrected chi connectivity index (χ1v) is 4.51. The number of hydrogen-bond donors (Lipinski definition) is 0. The molecule has 0 atom stereocenters. The van der Waals surface area contributed by atoms with Crippen LogP contribution in [0.25, 0.3) is 0 Å². The van der Waals surface area contributed by atoms with E-state index < -0.39 is 0 Å². The van der Waals surface area contributed by atoms with Crippen molar-refractivity contribution in [2.75, 3.05) is 0 Å². The van der Waals surface area contributed by atoms with Crippen LogP contribution in [0.15, 0.2) is 18.2 Å². The number of halogens is 2. The molecule has 0 saturated heterocycles. The zero-order valence-corrected chi connectivity index (χ0v) is 7.81. The number of nitriles is 1. The molecule has 1 aromatic carbocycles. The number of rotatable bonds is 3. The lowest BCUT2D eigenvalue weighted by Crippen LogP contribution is -1.90. The predicted molar refractivity (Wildman–Crippen MR) is 49.9 cm³/mol. The van der Waals surface area contributed by atoms with Gasteiger partial charge in [0.2, 0.25) is 0 Å². The topological polar surface area (TPSA) is 23.8 Å². The van der Waals surface area contributed by atoms with E-state index in [0.29, 0.717) is 18.4 Å². The zero-order chi connectivity index (χ0) is 9.68. The zero-order valence-electron chi connectivity index (χ0n) is 7.06. The van der Waals surface area contributed by atoms with E-state index in [-0.39, 0.29) is 11.7 Å². The van der Waals surface area contributed by atoms with E-state index >= 15 is 0 Å². The van der Waals surface area contributed by atoms with E-state index in [2.05, 4.69) is 0 Å². The largest absolute Gasteiger partial charge is 0.207 e. The van der Waals surface area contributed by atoms with Gasteiger partial charge in [0.1, 0.15) is 5.82 Å². The lowest BCUT2D eigenvalue weighted by Gasteiger charge is -2.01. The number of aryl methyl sites for hydroxylation is 1. The summed E-state index contributed by atoms with van der Waals surface area (Å²) in [5.41, 5.74) is 1.45. The number of benzene rings is 1. The van der Waals surface area contributed by atoms with Gasteiger partial charge in [0, 0.05) is 12.0 Å². The Kier molecular flexibility index (Phi) is 3.72. The summed E-state index contributed by atoms with van der Waals surface area (Å²) in [5.74, 6) is -0.109. The van der Waals surface area contributed by atoms with Crippen molar-refractivity contribution in [1.82, 2.24) is 0 Å². The van der Waals surface area contributed by atoms with Gasteiger partial charge in [-0.3, -0.25) is 0 Å². The van der Waals surface area contributed by atoms with Crippen LogP contribution < -0.4 is 0 Å².